The van der Waals surface area contributed by atoms with Gasteiger partial charge < -0.3 is 14.6 Å². The molecule has 0 amide bonds. The Kier molecular flexibility index (Phi) is 6.50. The molecular weight excluding hydrogens is 254 g/mol. The lowest BCUT2D eigenvalue weighted by atomic mass is 10.1. The third-order valence-electron chi connectivity index (χ3n) is 3.66. The number of rotatable bonds is 8. The van der Waals surface area contributed by atoms with Crippen molar-refractivity contribution < 1.29 is 9.26 Å². The molecule has 0 unspecified atom stereocenters. The lowest BCUT2D eigenvalue weighted by Gasteiger charge is -2.30. The van der Waals surface area contributed by atoms with Gasteiger partial charge in [-0.2, -0.15) is 0 Å². The summed E-state index contributed by atoms with van der Waals surface area (Å²) in [4.78, 5) is 2.42. The molecule has 1 aromatic rings. The molecular formula is C15H27N3O2. The predicted molar refractivity (Wildman–Crippen MR) is 78.4 cm³/mol. The molecule has 0 aromatic carbocycles. The van der Waals surface area contributed by atoms with E-state index < -0.39 is 0 Å². The van der Waals surface area contributed by atoms with Gasteiger partial charge in [-0.1, -0.05) is 12.1 Å². The monoisotopic (exact) mass is 281 g/mol. The fourth-order valence-electron chi connectivity index (χ4n) is 2.60. The number of aromatic nitrogens is 1. The Morgan fingerprint density at radius 2 is 2.20 bits per heavy atom. The van der Waals surface area contributed by atoms with E-state index in [9.17, 15) is 0 Å². The SMILES string of the molecule is CCCNCc1cc(CN2CCC(OCC)CC2)on1. The van der Waals surface area contributed by atoms with Crippen LogP contribution in [0.5, 0.6) is 0 Å². The third kappa shape index (κ3) is 4.89. The highest BCUT2D eigenvalue weighted by atomic mass is 16.5. The van der Waals surface area contributed by atoms with Gasteiger partial charge in [0.2, 0.25) is 0 Å². The molecule has 2 rings (SSSR count). The van der Waals surface area contributed by atoms with Gasteiger partial charge in [-0.05, 0) is 32.7 Å². The molecule has 1 aromatic heterocycles. The molecule has 0 atom stereocenters. The Morgan fingerprint density at radius 3 is 2.90 bits per heavy atom. The smallest absolute Gasteiger partial charge is 0.151 e. The van der Waals surface area contributed by atoms with Gasteiger partial charge in [0.1, 0.15) is 0 Å². The summed E-state index contributed by atoms with van der Waals surface area (Å²) < 4.78 is 11.1. The largest absolute Gasteiger partial charge is 0.378 e. The number of hydrogen-bond donors (Lipinski definition) is 1. The van der Waals surface area contributed by atoms with Crippen molar-refractivity contribution in [1.29, 1.82) is 0 Å². The van der Waals surface area contributed by atoms with E-state index in [0.717, 1.165) is 70.0 Å². The maximum absolute atomic E-state index is 5.67. The Hall–Kier alpha value is -0.910. The fraction of sp³-hybridized carbons (Fsp3) is 0.800. The quantitative estimate of drug-likeness (QED) is 0.740. The minimum atomic E-state index is 0.444. The lowest BCUT2D eigenvalue weighted by molar-refractivity contribution is 0.0108. The molecule has 0 aliphatic carbocycles. The minimum Gasteiger partial charge on any atom is -0.378 e. The van der Waals surface area contributed by atoms with E-state index in [1.165, 1.54) is 0 Å². The highest BCUT2D eigenvalue weighted by Gasteiger charge is 2.20. The second-order valence-corrected chi connectivity index (χ2v) is 5.39. The Bertz CT molecular complexity index is 373. The Labute approximate surface area is 121 Å². The van der Waals surface area contributed by atoms with Gasteiger partial charge in [0.15, 0.2) is 5.76 Å². The molecule has 0 radical (unpaired) electrons. The van der Waals surface area contributed by atoms with Crippen molar-refractivity contribution in [3.05, 3.63) is 17.5 Å². The van der Waals surface area contributed by atoms with Crippen molar-refractivity contribution in [2.45, 2.75) is 52.3 Å². The van der Waals surface area contributed by atoms with Crippen molar-refractivity contribution >= 4 is 0 Å². The fourth-order valence-corrected chi connectivity index (χ4v) is 2.60. The van der Waals surface area contributed by atoms with E-state index in [2.05, 4.69) is 35.3 Å². The van der Waals surface area contributed by atoms with E-state index in [1.54, 1.807) is 0 Å². The van der Waals surface area contributed by atoms with E-state index >= 15 is 0 Å². The van der Waals surface area contributed by atoms with Crippen molar-refractivity contribution in [3.63, 3.8) is 0 Å². The second kappa shape index (κ2) is 8.39. The van der Waals surface area contributed by atoms with Crippen molar-refractivity contribution in [3.8, 4) is 0 Å². The standard InChI is InChI=1S/C15H27N3O2/c1-3-7-16-11-13-10-15(20-17-13)12-18-8-5-14(6-9-18)19-4-2/h10,14,16H,3-9,11-12H2,1-2H3. The van der Waals surface area contributed by atoms with Crippen LogP contribution in [0.15, 0.2) is 10.6 Å². The Morgan fingerprint density at radius 1 is 1.40 bits per heavy atom. The van der Waals surface area contributed by atoms with Gasteiger partial charge in [-0.3, -0.25) is 4.90 Å². The summed E-state index contributed by atoms with van der Waals surface area (Å²) in [6.45, 7) is 9.88. The average Bonchev–Trinajstić information content (AvgIpc) is 2.89. The summed E-state index contributed by atoms with van der Waals surface area (Å²) in [5, 5.41) is 7.44. The molecule has 0 bridgehead atoms. The van der Waals surface area contributed by atoms with Crippen LogP contribution in [-0.4, -0.2) is 42.4 Å². The van der Waals surface area contributed by atoms with E-state index in [-0.39, 0.29) is 0 Å². The van der Waals surface area contributed by atoms with Gasteiger partial charge in [0, 0.05) is 32.3 Å². The van der Waals surface area contributed by atoms with Gasteiger partial charge in [0.05, 0.1) is 18.3 Å². The van der Waals surface area contributed by atoms with Gasteiger partial charge >= 0.3 is 0 Å². The van der Waals surface area contributed by atoms with E-state index in [1.807, 2.05) is 0 Å². The number of nitrogens with one attached hydrogen (secondary N) is 1. The number of likely N-dealkylation sites (tertiary alicyclic amines) is 1. The highest BCUT2D eigenvalue weighted by molar-refractivity contribution is 5.05. The molecule has 0 spiro atoms. The molecule has 1 fully saturated rings. The van der Waals surface area contributed by atoms with Crippen molar-refractivity contribution in [2.24, 2.45) is 0 Å². The zero-order valence-electron chi connectivity index (χ0n) is 12.7. The lowest BCUT2D eigenvalue weighted by Crippen LogP contribution is -2.36. The summed E-state index contributed by atoms with van der Waals surface area (Å²) >= 11 is 0. The van der Waals surface area contributed by atoms with Crippen LogP contribution in [0.4, 0.5) is 0 Å². The number of piperidine rings is 1. The Balaban J connectivity index is 1.71. The summed E-state index contributed by atoms with van der Waals surface area (Å²) in [6.07, 6.45) is 3.82. The number of ether oxygens (including phenoxy) is 1. The van der Waals surface area contributed by atoms with Gasteiger partial charge in [0.25, 0.3) is 0 Å². The van der Waals surface area contributed by atoms with Crippen LogP contribution in [0, 0.1) is 0 Å². The predicted octanol–water partition coefficient (Wildman–Crippen LogP) is 2.18. The first-order chi connectivity index (χ1) is 9.81. The summed E-state index contributed by atoms with van der Waals surface area (Å²) in [5.74, 6) is 0.966. The highest BCUT2D eigenvalue weighted by Crippen LogP contribution is 2.16. The van der Waals surface area contributed by atoms with Crippen LogP contribution >= 0.6 is 0 Å². The van der Waals surface area contributed by atoms with Gasteiger partial charge in [-0.25, -0.2) is 0 Å². The first kappa shape index (κ1) is 15.5. The first-order valence-corrected chi connectivity index (χ1v) is 7.81. The maximum Gasteiger partial charge on any atom is 0.151 e. The van der Waals surface area contributed by atoms with Crippen LogP contribution in [0.2, 0.25) is 0 Å². The molecule has 20 heavy (non-hydrogen) atoms. The number of hydrogen-bond acceptors (Lipinski definition) is 5. The van der Waals surface area contributed by atoms with Crippen LogP contribution in [0.3, 0.4) is 0 Å². The molecule has 114 valence electrons. The van der Waals surface area contributed by atoms with E-state index in [0.29, 0.717) is 6.10 Å². The second-order valence-electron chi connectivity index (χ2n) is 5.39. The normalized spacial score (nSPS) is 17.7. The molecule has 5 heteroatoms. The summed E-state index contributed by atoms with van der Waals surface area (Å²) in [6, 6.07) is 2.07. The molecule has 5 nitrogen and oxygen atoms in total. The molecule has 1 aliphatic heterocycles. The van der Waals surface area contributed by atoms with Crippen molar-refractivity contribution in [1.82, 2.24) is 15.4 Å². The van der Waals surface area contributed by atoms with E-state index in [4.69, 9.17) is 9.26 Å². The summed E-state index contributed by atoms with van der Waals surface area (Å²) in [5.41, 5.74) is 0.998. The average molecular weight is 281 g/mol. The molecule has 1 aliphatic rings. The number of nitrogens with zero attached hydrogens (tertiary/aromatic N) is 2. The zero-order chi connectivity index (χ0) is 14.2. The molecule has 1 saturated heterocycles. The van der Waals surface area contributed by atoms with Crippen LogP contribution in [0.1, 0.15) is 44.6 Å². The van der Waals surface area contributed by atoms with Crippen LogP contribution in [-0.2, 0) is 17.8 Å². The molecule has 1 N–H and O–H groups in total. The first-order valence-electron chi connectivity index (χ1n) is 7.81. The molecule has 2 heterocycles. The topological polar surface area (TPSA) is 50.5 Å². The maximum atomic E-state index is 5.67. The van der Waals surface area contributed by atoms with Crippen molar-refractivity contribution in [2.75, 3.05) is 26.2 Å². The molecule has 0 saturated carbocycles. The zero-order valence-corrected chi connectivity index (χ0v) is 12.7. The van der Waals surface area contributed by atoms with Gasteiger partial charge in [-0.15, -0.1) is 0 Å². The summed E-state index contributed by atoms with van der Waals surface area (Å²) in [7, 11) is 0. The van der Waals surface area contributed by atoms with Crippen LogP contribution in [0.25, 0.3) is 0 Å². The van der Waals surface area contributed by atoms with Crippen LogP contribution < -0.4 is 5.32 Å². The minimum absolute atomic E-state index is 0.444. The third-order valence-corrected chi connectivity index (χ3v) is 3.66.